The van der Waals surface area contributed by atoms with Gasteiger partial charge in [-0.2, -0.15) is 8.78 Å². The quantitative estimate of drug-likeness (QED) is 0.331. The van der Waals surface area contributed by atoms with Gasteiger partial charge in [-0.05, 0) is 49.9 Å². The number of amides is 2. The van der Waals surface area contributed by atoms with E-state index in [1.807, 2.05) is 6.07 Å². The van der Waals surface area contributed by atoms with E-state index in [9.17, 15) is 18.4 Å². The summed E-state index contributed by atoms with van der Waals surface area (Å²) in [6.45, 7) is -1.77. The molecule has 14 heteroatoms. The molecule has 2 bridgehead atoms. The number of aromatic nitrogens is 1. The number of rotatable bonds is 10. The van der Waals surface area contributed by atoms with Gasteiger partial charge >= 0.3 is 6.61 Å². The number of fused-ring (bicyclic) bond motifs is 2. The number of anilines is 2. The molecule has 4 heterocycles. The van der Waals surface area contributed by atoms with Crippen molar-refractivity contribution >= 4 is 23.5 Å². The Balaban J connectivity index is 1.30. The average Bonchev–Trinajstić information content (AvgIpc) is 3.71. The smallest absolute Gasteiger partial charge is 0.387 e. The summed E-state index contributed by atoms with van der Waals surface area (Å²) in [7, 11) is 4.82. The molecule has 244 valence electrons. The van der Waals surface area contributed by atoms with Gasteiger partial charge in [0.15, 0.2) is 11.6 Å². The lowest BCUT2D eigenvalue weighted by molar-refractivity contribution is -0.120. The van der Waals surface area contributed by atoms with Crippen LogP contribution in [0.5, 0.6) is 17.2 Å². The SMILES string of the molecule is COc1cc(F)c([C@@H]2CN(c3nc(N4C[C@@H]5C[C@H]4CN5C)ccc3OC)C(=O)C2CNC(=O)c2ccc(OC(F)F)cc2)c(F)c1. The fourth-order valence-corrected chi connectivity index (χ4v) is 6.71. The van der Waals surface area contributed by atoms with E-state index in [1.165, 1.54) is 43.4 Å². The third kappa shape index (κ3) is 5.88. The van der Waals surface area contributed by atoms with Crippen molar-refractivity contribution in [2.24, 2.45) is 5.92 Å². The van der Waals surface area contributed by atoms with Crippen LogP contribution in [0.2, 0.25) is 0 Å². The van der Waals surface area contributed by atoms with Crippen molar-refractivity contribution in [3.63, 3.8) is 0 Å². The molecule has 0 spiro atoms. The van der Waals surface area contributed by atoms with Crippen molar-refractivity contribution in [1.29, 1.82) is 0 Å². The Morgan fingerprint density at radius 3 is 2.28 bits per heavy atom. The first kappa shape index (κ1) is 31.4. The number of methoxy groups -OCH3 is 2. The topological polar surface area (TPSA) is 96.5 Å². The van der Waals surface area contributed by atoms with Crippen LogP contribution in [0.15, 0.2) is 48.5 Å². The molecule has 1 aromatic heterocycles. The number of carbonyl (C=O) groups excluding carboxylic acids is 2. The van der Waals surface area contributed by atoms with Crippen molar-refractivity contribution in [1.82, 2.24) is 15.2 Å². The highest BCUT2D eigenvalue weighted by molar-refractivity contribution is 6.00. The third-order valence-electron chi connectivity index (χ3n) is 9.04. The van der Waals surface area contributed by atoms with E-state index < -0.39 is 41.9 Å². The molecule has 46 heavy (non-hydrogen) atoms. The van der Waals surface area contributed by atoms with Gasteiger partial charge in [0, 0.05) is 67.4 Å². The summed E-state index contributed by atoms with van der Waals surface area (Å²) in [5.74, 6) is -3.99. The van der Waals surface area contributed by atoms with Crippen molar-refractivity contribution in [3.8, 4) is 17.2 Å². The number of nitrogens with one attached hydrogen (secondary N) is 1. The van der Waals surface area contributed by atoms with Gasteiger partial charge in [-0.25, -0.2) is 13.8 Å². The van der Waals surface area contributed by atoms with Crippen molar-refractivity contribution in [2.75, 3.05) is 57.2 Å². The second-order valence-corrected chi connectivity index (χ2v) is 11.6. The molecule has 3 aliphatic heterocycles. The highest BCUT2D eigenvalue weighted by Gasteiger charge is 2.46. The molecule has 1 N–H and O–H groups in total. The van der Waals surface area contributed by atoms with E-state index in [4.69, 9.17) is 14.5 Å². The van der Waals surface area contributed by atoms with E-state index in [1.54, 1.807) is 6.07 Å². The number of alkyl halides is 2. The summed E-state index contributed by atoms with van der Waals surface area (Å²) in [5.41, 5.74) is -0.205. The molecule has 2 amide bonds. The molecule has 4 atom stereocenters. The summed E-state index contributed by atoms with van der Waals surface area (Å²) in [4.78, 5) is 37.8. The van der Waals surface area contributed by atoms with Crippen molar-refractivity contribution in [3.05, 3.63) is 71.3 Å². The third-order valence-corrected chi connectivity index (χ3v) is 9.04. The van der Waals surface area contributed by atoms with E-state index in [2.05, 4.69) is 26.9 Å². The maximum absolute atomic E-state index is 15.5. The van der Waals surface area contributed by atoms with Gasteiger partial charge in [0.1, 0.15) is 29.0 Å². The molecule has 3 aliphatic rings. The van der Waals surface area contributed by atoms with E-state index >= 15 is 8.78 Å². The van der Waals surface area contributed by atoms with Crippen LogP contribution in [0.25, 0.3) is 0 Å². The lowest BCUT2D eigenvalue weighted by atomic mass is 9.87. The molecular weight excluding hydrogens is 610 g/mol. The number of hydrogen-bond acceptors (Lipinski definition) is 8. The lowest BCUT2D eigenvalue weighted by Gasteiger charge is -2.33. The number of hydrogen-bond donors (Lipinski definition) is 1. The molecule has 3 aromatic rings. The summed E-state index contributed by atoms with van der Waals surface area (Å²) in [5, 5.41) is 2.66. The zero-order valence-electron chi connectivity index (χ0n) is 25.4. The number of likely N-dealkylation sites (N-methyl/N-ethyl adjacent to an activating group) is 1. The first-order chi connectivity index (χ1) is 22.1. The number of benzene rings is 2. The molecule has 0 aliphatic carbocycles. The van der Waals surface area contributed by atoms with Gasteiger partial charge in [0.25, 0.3) is 5.91 Å². The normalized spacial score (nSPS) is 22.6. The number of likely N-dealkylation sites (tertiary alicyclic amines) is 1. The maximum atomic E-state index is 15.5. The van der Waals surface area contributed by atoms with Crippen LogP contribution < -0.4 is 29.3 Å². The second kappa shape index (κ2) is 12.7. The molecular formula is C32H33F4N5O5. The Kier molecular flexibility index (Phi) is 8.64. The van der Waals surface area contributed by atoms with E-state index in [0.29, 0.717) is 17.6 Å². The molecule has 3 saturated heterocycles. The van der Waals surface area contributed by atoms with Crippen LogP contribution in [0.4, 0.5) is 29.2 Å². The number of pyridine rings is 1. The Labute approximate surface area is 262 Å². The number of nitrogens with zero attached hydrogens (tertiary/aromatic N) is 4. The van der Waals surface area contributed by atoms with Gasteiger partial charge in [-0.1, -0.05) is 0 Å². The molecule has 2 aromatic carbocycles. The summed E-state index contributed by atoms with van der Waals surface area (Å²) >= 11 is 0. The second-order valence-electron chi connectivity index (χ2n) is 11.6. The minimum Gasteiger partial charge on any atom is -0.497 e. The molecule has 1 unspecified atom stereocenters. The Morgan fingerprint density at radius 2 is 1.70 bits per heavy atom. The Bertz CT molecular complexity index is 1600. The van der Waals surface area contributed by atoms with Gasteiger partial charge in [0.2, 0.25) is 5.91 Å². The van der Waals surface area contributed by atoms with Crippen LogP contribution in [0.1, 0.15) is 28.3 Å². The molecule has 6 rings (SSSR count). The first-order valence-corrected chi connectivity index (χ1v) is 14.8. The summed E-state index contributed by atoms with van der Waals surface area (Å²) < 4.78 is 70.9. The number of piperazine rings is 1. The van der Waals surface area contributed by atoms with Crippen LogP contribution in [-0.4, -0.2) is 87.8 Å². The van der Waals surface area contributed by atoms with E-state index in [0.717, 1.165) is 31.6 Å². The van der Waals surface area contributed by atoms with E-state index in [-0.39, 0.29) is 47.6 Å². The number of carbonyl (C=O) groups is 2. The average molecular weight is 644 g/mol. The van der Waals surface area contributed by atoms with Gasteiger partial charge < -0.3 is 24.4 Å². The standard InChI is InChI=1S/C32H33F4N5O5/c1-39-14-19-10-18(39)15-40(19)27-9-8-26(45-3)29(38-27)41-16-23(28-24(33)11-21(44-2)12-25(28)34)22(31(41)43)13-37-30(42)17-4-6-20(7-5-17)46-32(35)36/h4-9,11-12,18-19,22-23,32H,10,13-16H2,1-3H3,(H,37,42)/t18-,19-,22?,23+/m0/s1. The number of halogens is 4. The predicted molar refractivity (Wildman–Crippen MR) is 160 cm³/mol. The van der Waals surface area contributed by atoms with Crippen LogP contribution in [0.3, 0.4) is 0 Å². The van der Waals surface area contributed by atoms with Crippen LogP contribution >= 0.6 is 0 Å². The fourth-order valence-electron chi connectivity index (χ4n) is 6.71. The highest BCUT2D eigenvalue weighted by atomic mass is 19.3. The minimum atomic E-state index is -3.02. The van der Waals surface area contributed by atoms with Gasteiger partial charge in [0.05, 0.1) is 20.1 Å². The van der Waals surface area contributed by atoms with Gasteiger partial charge in [-0.3, -0.25) is 19.4 Å². The zero-order chi connectivity index (χ0) is 32.7. The molecule has 3 fully saturated rings. The monoisotopic (exact) mass is 643 g/mol. The lowest BCUT2D eigenvalue weighted by Crippen LogP contribution is -2.45. The maximum Gasteiger partial charge on any atom is 0.387 e. The van der Waals surface area contributed by atoms with Gasteiger partial charge in [-0.15, -0.1) is 0 Å². The Hall–Kier alpha value is -4.59. The number of ether oxygens (including phenoxy) is 3. The first-order valence-electron chi connectivity index (χ1n) is 14.8. The summed E-state index contributed by atoms with van der Waals surface area (Å²) in [6, 6.07) is 11.3. The minimum absolute atomic E-state index is 0.0226. The molecule has 0 saturated carbocycles. The fraction of sp³-hybridized carbons (Fsp3) is 0.406. The molecule has 0 radical (unpaired) electrons. The predicted octanol–water partition coefficient (Wildman–Crippen LogP) is 4.05. The van der Waals surface area contributed by atoms with Crippen molar-refractivity contribution in [2.45, 2.75) is 31.0 Å². The van der Waals surface area contributed by atoms with Crippen molar-refractivity contribution < 1.29 is 41.4 Å². The largest absolute Gasteiger partial charge is 0.497 e. The Morgan fingerprint density at radius 1 is 0.978 bits per heavy atom. The zero-order valence-corrected chi connectivity index (χ0v) is 25.4. The summed E-state index contributed by atoms with van der Waals surface area (Å²) in [6.07, 6.45) is 1.00. The van der Waals surface area contributed by atoms with Crippen LogP contribution in [-0.2, 0) is 4.79 Å². The highest BCUT2D eigenvalue weighted by Crippen LogP contribution is 2.43. The van der Waals surface area contributed by atoms with Crippen LogP contribution in [0, 0.1) is 17.6 Å². The molecule has 10 nitrogen and oxygen atoms in total.